The fourth-order valence-electron chi connectivity index (χ4n) is 3.66. The van der Waals surface area contributed by atoms with E-state index >= 15 is 0 Å². The van der Waals surface area contributed by atoms with Gasteiger partial charge in [0, 0.05) is 36.6 Å². The molecule has 4 rings (SSSR count). The third-order valence-corrected chi connectivity index (χ3v) is 5.08. The molecule has 0 radical (unpaired) electrons. The molecular weight excluding hydrogens is 346 g/mol. The van der Waals surface area contributed by atoms with Crippen molar-refractivity contribution in [3.63, 3.8) is 0 Å². The van der Waals surface area contributed by atoms with Gasteiger partial charge in [0.05, 0.1) is 11.8 Å². The van der Waals surface area contributed by atoms with E-state index in [1.165, 1.54) is 15.5 Å². The number of aromatic amines is 1. The second-order valence-electron chi connectivity index (χ2n) is 7.12. The highest BCUT2D eigenvalue weighted by atomic mass is 16.3. The average Bonchev–Trinajstić information content (AvgIpc) is 3.21. The number of H-pyrrole nitrogens is 1. The zero-order chi connectivity index (χ0) is 19.1. The first-order valence-corrected chi connectivity index (χ1v) is 8.89. The molecule has 1 saturated heterocycles. The Labute approximate surface area is 155 Å². The van der Waals surface area contributed by atoms with E-state index < -0.39 is 12.0 Å². The van der Waals surface area contributed by atoms with E-state index in [0.717, 1.165) is 11.4 Å². The first-order valence-electron chi connectivity index (χ1n) is 8.89. The summed E-state index contributed by atoms with van der Waals surface area (Å²) in [4.78, 5) is 31.5. The van der Waals surface area contributed by atoms with Gasteiger partial charge in [-0.2, -0.15) is 5.10 Å². The third-order valence-electron chi connectivity index (χ3n) is 5.08. The summed E-state index contributed by atoms with van der Waals surface area (Å²) in [5.74, 6) is -0.514. The molecule has 2 atom stereocenters. The van der Waals surface area contributed by atoms with Crippen molar-refractivity contribution in [3.8, 4) is 0 Å². The molecule has 1 aliphatic rings. The number of aryl methyl sites for hydroxylation is 2. The van der Waals surface area contributed by atoms with Crippen LogP contribution in [-0.4, -0.2) is 54.7 Å². The summed E-state index contributed by atoms with van der Waals surface area (Å²) >= 11 is 0. The van der Waals surface area contributed by atoms with Gasteiger partial charge in [0.15, 0.2) is 0 Å². The van der Waals surface area contributed by atoms with Crippen molar-refractivity contribution in [1.29, 1.82) is 0 Å². The summed E-state index contributed by atoms with van der Waals surface area (Å²) in [6.07, 6.45) is 1.25. The molecule has 8 heteroatoms. The molecule has 4 heterocycles. The van der Waals surface area contributed by atoms with E-state index in [1.807, 2.05) is 19.1 Å². The maximum Gasteiger partial charge on any atom is 0.270 e. The van der Waals surface area contributed by atoms with Gasteiger partial charge >= 0.3 is 0 Å². The Morgan fingerprint density at radius 1 is 1.33 bits per heavy atom. The summed E-state index contributed by atoms with van der Waals surface area (Å²) in [6, 6.07) is 7.27. The van der Waals surface area contributed by atoms with Gasteiger partial charge in [0.1, 0.15) is 11.2 Å². The number of carbonyl (C=O) groups excluding carboxylic acids is 1. The molecular formula is C19H21N5O3. The summed E-state index contributed by atoms with van der Waals surface area (Å²) in [6.45, 7) is 4.29. The SMILES string of the molecule is Cc1cc(C[C@@H]2CN(C(=O)c3cnc4cccc(C)n4c3=O)C[C@@H]2O)n[nH]1. The smallest absolute Gasteiger partial charge is 0.270 e. The number of nitrogens with one attached hydrogen (secondary N) is 1. The number of amides is 1. The monoisotopic (exact) mass is 367 g/mol. The summed E-state index contributed by atoms with van der Waals surface area (Å²) < 4.78 is 1.43. The van der Waals surface area contributed by atoms with Crippen LogP contribution in [0.3, 0.4) is 0 Å². The Morgan fingerprint density at radius 2 is 2.15 bits per heavy atom. The molecule has 1 amide bonds. The highest BCUT2D eigenvalue weighted by Crippen LogP contribution is 2.22. The fraction of sp³-hybridized carbons (Fsp3) is 0.368. The van der Waals surface area contributed by atoms with Crippen molar-refractivity contribution in [1.82, 2.24) is 24.5 Å². The van der Waals surface area contributed by atoms with Crippen LogP contribution in [0.25, 0.3) is 5.65 Å². The van der Waals surface area contributed by atoms with Crippen molar-refractivity contribution < 1.29 is 9.90 Å². The number of pyridine rings is 1. The molecule has 3 aromatic rings. The lowest BCUT2D eigenvalue weighted by Gasteiger charge is -2.16. The second-order valence-corrected chi connectivity index (χ2v) is 7.12. The van der Waals surface area contributed by atoms with Gasteiger partial charge in [-0.1, -0.05) is 6.07 Å². The number of aliphatic hydroxyl groups is 1. The molecule has 0 aromatic carbocycles. The predicted molar refractivity (Wildman–Crippen MR) is 98.6 cm³/mol. The maximum atomic E-state index is 12.9. The number of aliphatic hydroxyl groups excluding tert-OH is 1. The molecule has 2 N–H and O–H groups in total. The third kappa shape index (κ3) is 3.12. The van der Waals surface area contributed by atoms with Crippen LogP contribution in [0.5, 0.6) is 0 Å². The number of hydrogen-bond acceptors (Lipinski definition) is 5. The van der Waals surface area contributed by atoms with Crippen molar-refractivity contribution in [3.05, 3.63) is 63.5 Å². The van der Waals surface area contributed by atoms with Crippen LogP contribution in [0.15, 0.2) is 35.3 Å². The number of hydrogen-bond donors (Lipinski definition) is 2. The van der Waals surface area contributed by atoms with Gasteiger partial charge in [-0.15, -0.1) is 0 Å². The Kier molecular flexibility index (Phi) is 4.27. The molecule has 3 aromatic heterocycles. The van der Waals surface area contributed by atoms with Crippen LogP contribution in [0.2, 0.25) is 0 Å². The van der Waals surface area contributed by atoms with Crippen LogP contribution in [-0.2, 0) is 6.42 Å². The van der Waals surface area contributed by atoms with Crippen LogP contribution >= 0.6 is 0 Å². The first-order chi connectivity index (χ1) is 12.9. The summed E-state index contributed by atoms with van der Waals surface area (Å²) in [7, 11) is 0. The molecule has 0 unspecified atom stereocenters. The minimum Gasteiger partial charge on any atom is -0.391 e. The second kappa shape index (κ2) is 6.62. The van der Waals surface area contributed by atoms with Gasteiger partial charge in [0.25, 0.3) is 11.5 Å². The van der Waals surface area contributed by atoms with Crippen molar-refractivity contribution in [2.75, 3.05) is 13.1 Å². The predicted octanol–water partition coefficient (Wildman–Crippen LogP) is 0.710. The van der Waals surface area contributed by atoms with Gasteiger partial charge in [0.2, 0.25) is 0 Å². The molecule has 1 aliphatic heterocycles. The highest BCUT2D eigenvalue weighted by molar-refractivity contribution is 5.94. The van der Waals surface area contributed by atoms with E-state index in [-0.39, 0.29) is 23.6 Å². The Bertz CT molecular complexity index is 1070. The van der Waals surface area contributed by atoms with Gasteiger partial charge < -0.3 is 10.0 Å². The minimum absolute atomic E-state index is 0.0188. The van der Waals surface area contributed by atoms with E-state index in [9.17, 15) is 14.7 Å². The van der Waals surface area contributed by atoms with Crippen LogP contribution < -0.4 is 5.56 Å². The van der Waals surface area contributed by atoms with E-state index in [4.69, 9.17) is 0 Å². The van der Waals surface area contributed by atoms with Crippen LogP contribution in [0.1, 0.15) is 27.4 Å². The molecule has 0 bridgehead atoms. The number of carbonyl (C=O) groups is 1. The largest absolute Gasteiger partial charge is 0.391 e. The van der Waals surface area contributed by atoms with E-state index in [1.54, 1.807) is 19.1 Å². The normalized spacial score (nSPS) is 19.7. The lowest BCUT2D eigenvalue weighted by Crippen LogP contribution is -2.35. The zero-order valence-corrected chi connectivity index (χ0v) is 15.2. The zero-order valence-electron chi connectivity index (χ0n) is 15.2. The van der Waals surface area contributed by atoms with Crippen molar-refractivity contribution in [2.24, 2.45) is 5.92 Å². The Balaban J connectivity index is 1.58. The molecule has 0 aliphatic carbocycles. The molecule has 27 heavy (non-hydrogen) atoms. The molecule has 140 valence electrons. The van der Waals surface area contributed by atoms with Crippen LogP contribution in [0.4, 0.5) is 0 Å². The van der Waals surface area contributed by atoms with Gasteiger partial charge in [-0.25, -0.2) is 4.98 Å². The number of aromatic nitrogens is 4. The number of nitrogens with zero attached hydrogens (tertiary/aromatic N) is 4. The topological polar surface area (TPSA) is 104 Å². The number of likely N-dealkylation sites (tertiary alicyclic amines) is 1. The lowest BCUT2D eigenvalue weighted by molar-refractivity contribution is 0.0762. The van der Waals surface area contributed by atoms with E-state index in [0.29, 0.717) is 24.3 Å². The number of fused-ring (bicyclic) bond motifs is 1. The molecule has 0 saturated carbocycles. The molecule has 0 spiro atoms. The standard InChI is InChI=1S/C19H21N5O3/c1-11-6-14(22-21-11)7-13-9-23(10-16(13)25)18(26)15-8-20-17-5-3-4-12(2)24(17)19(15)27/h3-6,8,13,16,25H,7,9-10H2,1-2H3,(H,21,22)/t13-,16+/m1/s1. The fourth-order valence-corrected chi connectivity index (χ4v) is 3.66. The molecule has 8 nitrogen and oxygen atoms in total. The average molecular weight is 367 g/mol. The van der Waals surface area contributed by atoms with Gasteiger partial charge in [-0.3, -0.25) is 19.1 Å². The summed E-state index contributed by atoms with van der Waals surface area (Å²) in [5, 5.41) is 17.5. The summed E-state index contributed by atoms with van der Waals surface area (Å²) in [5.41, 5.74) is 2.66. The highest BCUT2D eigenvalue weighted by Gasteiger charge is 2.35. The Hall–Kier alpha value is -3.00. The number of β-amino-alcohol motifs (C(OH)–C–C–N with tert-alkyl or cyclic N) is 1. The van der Waals surface area contributed by atoms with Crippen molar-refractivity contribution in [2.45, 2.75) is 26.4 Å². The molecule has 1 fully saturated rings. The van der Waals surface area contributed by atoms with Crippen LogP contribution in [0, 0.1) is 19.8 Å². The minimum atomic E-state index is -0.649. The van der Waals surface area contributed by atoms with E-state index in [2.05, 4.69) is 15.2 Å². The maximum absolute atomic E-state index is 12.9. The quantitative estimate of drug-likeness (QED) is 0.710. The van der Waals surface area contributed by atoms with Crippen molar-refractivity contribution >= 4 is 11.6 Å². The lowest BCUT2D eigenvalue weighted by atomic mass is 10.0. The Morgan fingerprint density at radius 3 is 2.89 bits per heavy atom. The number of rotatable bonds is 3. The first kappa shape index (κ1) is 17.4. The van der Waals surface area contributed by atoms with Gasteiger partial charge in [-0.05, 0) is 38.5 Å².